The van der Waals surface area contributed by atoms with Crippen molar-refractivity contribution in [2.24, 2.45) is 5.10 Å². The largest absolute Gasteiger partial charge is 0.493 e. The maximum absolute atomic E-state index is 13.3. The van der Waals surface area contributed by atoms with Crippen molar-refractivity contribution in [2.75, 3.05) is 13.7 Å². The molecular formula is C25H27Br2N3O5. The third-order valence-corrected chi connectivity index (χ3v) is 6.46. The number of carbonyl (C=O) groups excluding carboxylic acids is 1. The van der Waals surface area contributed by atoms with Crippen LogP contribution in [0.5, 0.6) is 11.5 Å². The van der Waals surface area contributed by atoms with Gasteiger partial charge in [-0.2, -0.15) is 9.78 Å². The third-order valence-electron chi connectivity index (χ3n) is 5.37. The number of rotatable bonds is 9. The van der Waals surface area contributed by atoms with Crippen LogP contribution in [0.15, 0.2) is 49.2 Å². The molecule has 0 amide bonds. The van der Waals surface area contributed by atoms with Crippen molar-refractivity contribution in [1.82, 2.24) is 9.66 Å². The third kappa shape index (κ3) is 6.10. The summed E-state index contributed by atoms with van der Waals surface area (Å²) in [5.41, 5.74) is 1.03. The molecule has 3 aromatic rings. The highest BCUT2D eigenvalue weighted by Gasteiger charge is 2.21. The van der Waals surface area contributed by atoms with Crippen LogP contribution in [0.2, 0.25) is 0 Å². The molecule has 2 atom stereocenters. The van der Waals surface area contributed by atoms with Crippen LogP contribution in [-0.4, -0.2) is 41.7 Å². The van der Waals surface area contributed by atoms with Gasteiger partial charge in [-0.1, -0.05) is 29.8 Å². The van der Waals surface area contributed by atoms with Crippen molar-refractivity contribution in [1.29, 1.82) is 0 Å². The van der Waals surface area contributed by atoms with Gasteiger partial charge >= 0.3 is 5.97 Å². The van der Waals surface area contributed by atoms with E-state index in [4.69, 9.17) is 19.2 Å². The second-order valence-electron chi connectivity index (χ2n) is 7.85. The Morgan fingerprint density at radius 1 is 1.20 bits per heavy atom. The standard InChI is InChI=1S/C25H27Br2N3O5/c1-6-14(3)23-29-20-9-8-17(26)12-18(20)24(31)30(23)28-13-16-10-19(27)22(21(11-16)33-5)35-15(4)25(32)34-7-2/h8-15H,6-7H2,1-5H3/t14-,15+/m0/s1. The van der Waals surface area contributed by atoms with Gasteiger partial charge < -0.3 is 14.2 Å². The van der Waals surface area contributed by atoms with Gasteiger partial charge in [-0.25, -0.2) is 9.78 Å². The van der Waals surface area contributed by atoms with E-state index in [0.717, 1.165) is 10.9 Å². The molecule has 8 nitrogen and oxygen atoms in total. The Morgan fingerprint density at radius 3 is 2.60 bits per heavy atom. The molecule has 1 heterocycles. The summed E-state index contributed by atoms with van der Waals surface area (Å²) in [5, 5.41) is 4.97. The molecule has 0 spiro atoms. The zero-order valence-electron chi connectivity index (χ0n) is 20.2. The number of benzene rings is 2. The number of fused-ring (bicyclic) bond motifs is 1. The minimum Gasteiger partial charge on any atom is -0.493 e. The molecule has 0 aliphatic heterocycles. The summed E-state index contributed by atoms with van der Waals surface area (Å²) in [7, 11) is 1.50. The summed E-state index contributed by atoms with van der Waals surface area (Å²) < 4.78 is 19.0. The number of hydrogen-bond acceptors (Lipinski definition) is 7. The fraction of sp³-hybridized carbons (Fsp3) is 0.360. The normalized spacial score (nSPS) is 13.1. The lowest BCUT2D eigenvalue weighted by molar-refractivity contribution is -0.150. The average molecular weight is 609 g/mol. The van der Waals surface area contributed by atoms with E-state index in [1.807, 2.05) is 26.0 Å². The van der Waals surface area contributed by atoms with Crippen LogP contribution in [0.1, 0.15) is 51.4 Å². The molecule has 0 unspecified atom stereocenters. The number of hydrogen-bond donors (Lipinski definition) is 0. The quantitative estimate of drug-likeness (QED) is 0.230. The summed E-state index contributed by atoms with van der Waals surface area (Å²) in [5.74, 6) is 0.888. The topological polar surface area (TPSA) is 92.0 Å². The molecule has 35 heavy (non-hydrogen) atoms. The second kappa shape index (κ2) is 11.8. The maximum atomic E-state index is 13.3. The fourth-order valence-corrected chi connectivity index (χ4v) is 4.23. The summed E-state index contributed by atoms with van der Waals surface area (Å²) in [6.45, 7) is 7.65. The van der Waals surface area contributed by atoms with Gasteiger partial charge in [-0.3, -0.25) is 4.79 Å². The first kappa shape index (κ1) is 26.9. The van der Waals surface area contributed by atoms with Crippen LogP contribution in [0.3, 0.4) is 0 Å². The summed E-state index contributed by atoms with van der Waals surface area (Å²) in [6, 6.07) is 8.89. The van der Waals surface area contributed by atoms with Crippen LogP contribution >= 0.6 is 31.9 Å². The molecule has 0 fully saturated rings. The zero-order valence-corrected chi connectivity index (χ0v) is 23.3. The Morgan fingerprint density at radius 2 is 1.94 bits per heavy atom. The van der Waals surface area contributed by atoms with Crippen LogP contribution < -0.4 is 15.0 Å². The second-order valence-corrected chi connectivity index (χ2v) is 9.62. The molecule has 3 rings (SSSR count). The number of esters is 1. The highest BCUT2D eigenvalue weighted by Crippen LogP contribution is 2.37. The van der Waals surface area contributed by atoms with Crippen molar-refractivity contribution in [3.05, 3.63) is 61.0 Å². The number of aromatic nitrogens is 2. The molecule has 0 aliphatic rings. The Hall–Kier alpha value is -2.72. The van der Waals surface area contributed by atoms with E-state index in [-0.39, 0.29) is 18.1 Å². The highest BCUT2D eigenvalue weighted by atomic mass is 79.9. The Labute approximate surface area is 220 Å². The Kier molecular flexibility index (Phi) is 9.07. The predicted molar refractivity (Wildman–Crippen MR) is 143 cm³/mol. The molecule has 1 aromatic heterocycles. The van der Waals surface area contributed by atoms with Gasteiger partial charge in [0.1, 0.15) is 5.82 Å². The van der Waals surface area contributed by atoms with E-state index >= 15 is 0 Å². The molecule has 10 heteroatoms. The minimum atomic E-state index is -0.820. The van der Waals surface area contributed by atoms with Gasteiger partial charge in [-0.15, -0.1) is 0 Å². The first-order valence-corrected chi connectivity index (χ1v) is 12.8. The lowest BCUT2D eigenvalue weighted by Crippen LogP contribution is -2.26. The average Bonchev–Trinajstić information content (AvgIpc) is 2.84. The van der Waals surface area contributed by atoms with E-state index in [1.165, 1.54) is 11.8 Å². The lowest BCUT2D eigenvalue weighted by Gasteiger charge is -2.17. The summed E-state index contributed by atoms with van der Waals surface area (Å²) in [4.78, 5) is 30.0. The van der Waals surface area contributed by atoms with E-state index in [9.17, 15) is 9.59 Å². The van der Waals surface area contributed by atoms with Gasteiger partial charge in [0.25, 0.3) is 5.56 Å². The van der Waals surface area contributed by atoms with Crippen LogP contribution in [-0.2, 0) is 9.53 Å². The first-order chi connectivity index (χ1) is 16.7. The first-order valence-electron chi connectivity index (χ1n) is 11.2. The van der Waals surface area contributed by atoms with Crippen LogP contribution in [0.25, 0.3) is 10.9 Å². The molecule has 0 bridgehead atoms. The molecule has 186 valence electrons. The number of methoxy groups -OCH3 is 1. The number of carbonyl (C=O) groups is 1. The van der Waals surface area contributed by atoms with Gasteiger partial charge in [0, 0.05) is 10.4 Å². The lowest BCUT2D eigenvalue weighted by atomic mass is 10.1. The van der Waals surface area contributed by atoms with Gasteiger partial charge in [0.2, 0.25) is 0 Å². The molecule has 2 aromatic carbocycles. The molecule has 0 saturated carbocycles. The SMILES string of the molecule is CCOC(=O)[C@@H](C)Oc1c(Br)cc(C=Nn2c([C@@H](C)CC)nc3ccc(Br)cc3c2=O)cc1OC. The van der Waals surface area contributed by atoms with E-state index in [1.54, 1.807) is 38.3 Å². The summed E-state index contributed by atoms with van der Waals surface area (Å²) in [6.07, 6.45) is 1.54. The number of nitrogens with zero attached hydrogens (tertiary/aromatic N) is 3. The van der Waals surface area contributed by atoms with Gasteiger partial charge in [0.05, 0.1) is 35.3 Å². The minimum absolute atomic E-state index is 0.0225. The Balaban J connectivity index is 2.04. The molecule has 0 saturated heterocycles. The van der Waals surface area contributed by atoms with Crippen LogP contribution in [0, 0.1) is 0 Å². The monoisotopic (exact) mass is 607 g/mol. The van der Waals surface area contributed by atoms with E-state index in [0.29, 0.717) is 38.3 Å². The molecule has 0 radical (unpaired) electrons. The molecule has 0 N–H and O–H groups in total. The molecular weight excluding hydrogens is 582 g/mol. The fourth-order valence-electron chi connectivity index (χ4n) is 3.32. The predicted octanol–water partition coefficient (Wildman–Crippen LogP) is 5.66. The van der Waals surface area contributed by atoms with E-state index < -0.39 is 12.1 Å². The van der Waals surface area contributed by atoms with Crippen molar-refractivity contribution in [2.45, 2.75) is 46.1 Å². The van der Waals surface area contributed by atoms with Crippen LogP contribution in [0.4, 0.5) is 0 Å². The maximum Gasteiger partial charge on any atom is 0.347 e. The van der Waals surface area contributed by atoms with E-state index in [2.05, 4.69) is 37.0 Å². The van der Waals surface area contributed by atoms with Crippen molar-refractivity contribution >= 4 is 54.9 Å². The smallest absolute Gasteiger partial charge is 0.347 e. The van der Waals surface area contributed by atoms with Crippen molar-refractivity contribution < 1.29 is 19.0 Å². The highest BCUT2D eigenvalue weighted by molar-refractivity contribution is 9.10. The van der Waals surface area contributed by atoms with Crippen molar-refractivity contribution in [3.8, 4) is 11.5 Å². The Bertz CT molecular complexity index is 1320. The van der Waals surface area contributed by atoms with Crippen molar-refractivity contribution in [3.63, 3.8) is 0 Å². The zero-order chi connectivity index (χ0) is 25.7. The number of ether oxygens (including phenoxy) is 3. The number of halogens is 2. The van der Waals surface area contributed by atoms with Gasteiger partial charge in [0.15, 0.2) is 17.6 Å². The van der Waals surface area contributed by atoms with Gasteiger partial charge in [-0.05, 0) is 72.1 Å². The summed E-state index contributed by atoms with van der Waals surface area (Å²) >= 11 is 6.90. The molecule has 0 aliphatic carbocycles.